The molecule has 0 radical (unpaired) electrons. The second-order valence-corrected chi connectivity index (χ2v) is 6.31. The number of hydrogen-bond donors (Lipinski definition) is 1. The van der Waals surface area contributed by atoms with E-state index >= 15 is 0 Å². The molecule has 4 heteroatoms. The van der Waals surface area contributed by atoms with Gasteiger partial charge in [0, 0.05) is 25.3 Å². The Morgan fingerprint density at radius 2 is 1.91 bits per heavy atom. The van der Waals surface area contributed by atoms with Crippen LogP contribution < -0.4 is 5.32 Å². The molecule has 1 amide bonds. The Bertz CT molecular complexity index is 496. The molecule has 120 valence electrons. The van der Waals surface area contributed by atoms with Gasteiger partial charge in [0.2, 0.25) is 5.91 Å². The van der Waals surface area contributed by atoms with Crippen molar-refractivity contribution in [2.75, 3.05) is 19.8 Å². The zero-order valence-electron chi connectivity index (χ0n) is 13.2. The van der Waals surface area contributed by atoms with Gasteiger partial charge in [-0.3, -0.25) is 4.79 Å². The first-order valence-electron chi connectivity index (χ1n) is 8.31. The fourth-order valence-electron chi connectivity index (χ4n) is 3.77. The van der Waals surface area contributed by atoms with Crippen LogP contribution in [-0.4, -0.2) is 31.5 Å². The van der Waals surface area contributed by atoms with E-state index in [1.165, 1.54) is 5.56 Å². The predicted octanol–water partition coefficient (Wildman–Crippen LogP) is 2.84. The summed E-state index contributed by atoms with van der Waals surface area (Å²) in [6.45, 7) is 4.24. The maximum atomic E-state index is 11.8. The standard InChI is InChI=1S/C18H25NO3/c1-14-16(15-6-3-2-4-7-15)9-11-19-17(20)8-5-10-18(14)21-12-13-22-18/h2-4,6-7,14,16H,5,8-13H2,1H3,(H,19,20)/t14-,16-/m0/s1. The van der Waals surface area contributed by atoms with E-state index in [-0.39, 0.29) is 11.8 Å². The summed E-state index contributed by atoms with van der Waals surface area (Å²) in [6, 6.07) is 10.5. The summed E-state index contributed by atoms with van der Waals surface area (Å²) >= 11 is 0. The first-order chi connectivity index (χ1) is 10.7. The van der Waals surface area contributed by atoms with Gasteiger partial charge in [-0.15, -0.1) is 0 Å². The summed E-state index contributed by atoms with van der Waals surface area (Å²) in [7, 11) is 0. The number of rotatable bonds is 1. The smallest absolute Gasteiger partial charge is 0.219 e. The van der Waals surface area contributed by atoms with Crippen LogP contribution >= 0.6 is 0 Å². The number of hydrogen-bond acceptors (Lipinski definition) is 3. The van der Waals surface area contributed by atoms with E-state index in [1.807, 2.05) is 6.07 Å². The Morgan fingerprint density at radius 1 is 1.18 bits per heavy atom. The first kappa shape index (κ1) is 15.5. The third kappa shape index (κ3) is 3.18. The van der Waals surface area contributed by atoms with Gasteiger partial charge in [-0.1, -0.05) is 37.3 Å². The molecule has 0 unspecified atom stereocenters. The molecule has 22 heavy (non-hydrogen) atoms. The van der Waals surface area contributed by atoms with Crippen LogP contribution in [0.3, 0.4) is 0 Å². The van der Waals surface area contributed by atoms with Crippen LogP contribution in [0.5, 0.6) is 0 Å². The van der Waals surface area contributed by atoms with Gasteiger partial charge in [-0.2, -0.15) is 0 Å². The second-order valence-electron chi connectivity index (χ2n) is 6.31. The molecular weight excluding hydrogens is 278 g/mol. The minimum absolute atomic E-state index is 0.134. The van der Waals surface area contributed by atoms with Gasteiger partial charge in [0.25, 0.3) is 0 Å². The average molecular weight is 303 g/mol. The van der Waals surface area contributed by atoms with Gasteiger partial charge in [-0.25, -0.2) is 0 Å². The monoisotopic (exact) mass is 303 g/mol. The molecule has 2 atom stereocenters. The fourth-order valence-corrected chi connectivity index (χ4v) is 3.77. The molecule has 2 heterocycles. The molecule has 2 saturated heterocycles. The summed E-state index contributed by atoms with van der Waals surface area (Å²) < 4.78 is 12.1. The second kappa shape index (κ2) is 6.80. The van der Waals surface area contributed by atoms with Crippen molar-refractivity contribution in [1.82, 2.24) is 5.32 Å². The van der Waals surface area contributed by atoms with E-state index < -0.39 is 5.79 Å². The van der Waals surface area contributed by atoms with Crippen molar-refractivity contribution in [2.45, 2.75) is 44.3 Å². The van der Waals surface area contributed by atoms with E-state index in [9.17, 15) is 4.79 Å². The molecule has 1 aromatic rings. The van der Waals surface area contributed by atoms with Gasteiger partial charge >= 0.3 is 0 Å². The number of carbonyl (C=O) groups excluding carboxylic acids is 1. The van der Waals surface area contributed by atoms with Crippen LogP contribution in [0.4, 0.5) is 0 Å². The molecular formula is C18H25NO3. The summed E-state index contributed by atoms with van der Waals surface area (Å²) in [5.74, 6) is 0.178. The van der Waals surface area contributed by atoms with Gasteiger partial charge in [-0.05, 0) is 24.3 Å². The van der Waals surface area contributed by atoms with Crippen molar-refractivity contribution in [3.05, 3.63) is 35.9 Å². The zero-order chi connectivity index (χ0) is 15.4. The van der Waals surface area contributed by atoms with Crippen LogP contribution in [0.1, 0.15) is 44.1 Å². The lowest BCUT2D eigenvalue weighted by Crippen LogP contribution is -2.43. The van der Waals surface area contributed by atoms with Crippen molar-refractivity contribution in [3.8, 4) is 0 Å². The summed E-state index contributed by atoms with van der Waals surface area (Å²) in [5.41, 5.74) is 1.29. The van der Waals surface area contributed by atoms with Gasteiger partial charge in [0.1, 0.15) is 0 Å². The van der Waals surface area contributed by atoms with Crippen LogP contribution in [0.2, 0.25) is 0 Å². The lowest BCUT2D eigenvalue weighted by molar-refractivity contribution is -0.203. The van der Waals surface area contributed by atoms with Crippen molar-refractivity contribution < 1.29 is 14.3 Å². The minimum atomic E-state index is -0.530. The van der Waals surface area contributed by atoms with Gasteiger partial charge in [0.15, 0.2) is 5.79 Å². The lowest BCUT2D eigenvalue weighted by Gasteiger charge is -2.39. The molecule has 0 aliphatic carbocycles. The lowest BCUT2D eigenvalue weighted by atomic mass is 9.77. The molecule has 0 bridgehead atoms. The fraction of sp³-hybridized carbons (Fsp3) is 0.611. The highest BCUT2D eigenvalue weighted by Gasteiger charge is 2.45. The molecule has 1 spiro atoms. The Hall–Kier alpha value is -1.39. The van der Waals surface area contributed by atoms with Gasteiger partial charge < -0.3 is 14.8 Å². The normalized spacial score (nSPS) is 29.2. The summed E-state index contributed by atoms with van der Waals surface area (Å²) in [5, 5.41) is 3.03. The SMILES string of the molecule is C[C@H]1[C@@H](c2ccccc2)CCNC(=O)CCCC12OCCO2. The highest BCUT2D eigenvalue weighted by molar-refractivity contribution is 5.75. The van der Waals surface area contributed by atoms with Crippen LogP contribution in [-0.2, 0) is 14.3 Å². The van der Waals surface area contributed by atoms with E-state index in [0.29, 0.717) is 32.1 Å². The van der Waals surface area contributed by atoms with Crippen molar-refractivity contribution in [2.24, 2.45) is 5.92 Å². The van der Waals surface area contributed by atoms with Crippen LogP contribution in [0.15, 0.2) is 30.3 Å². The molecule has 0 aromatic heterocycles. The Kier molecular flexibility index (Phi) is 4.79. The summed E-state index contributed by atoms with van der Waals surface area (Å²) in [4.78, 5) is 11.8. The van der Waals surface area contributed by atoms with Crippen molar-refractivity contribution >= 4 is 5.91 Å². The maximum absolute atomic E-state index is 11.8. The van der Waals surface area contributed by atoms with E-state index in [0.717, 1.165) is 19.3 Å². The number of carbonyl (C=O) groups is 1. The van der Waals surface area contributed by atoms with Crippen molar-refractivity contribution in [1.29, 1.82) is 0 Å². The van der Waals surface area contributed by atoms with Crippen LogP contribution in [0, 0.1) is 5.92 Å². The highest BCUT2D eigenvalue weighted by Crippen LogP contribution is 2.42. The van der Waals surface area contributed by atoms with E-state index in [2.05, 4.69) is 36.5 Å². The summed E-state index contributed by atoms with van der Waals surface area (Å²) in [6.07, 6.45) is 3.05. The molecule has 1 aromatic carbocycles. The Labute approximate surface area is 132 Å². The molecule has 4 nitrogen and oxygen atoms in total. The number of ether oxygens (including phenoxy) is 2. The highest BCUT2D eigenvalue weighted by atomic mass is 16.7. The molecule has 2 fully saturated rings. The third-order valence-electron chi connectivity index (χ3n) is 5.01. The molecule has 0 saturated carbocycles. The zero-order valence-corrected chi connectivity index (χ0v) is 13.2. The average Bonchev–Trinajstić information content (AvgIpc) is 3.01. The number of benzene rings is 1. The molecule has 2 aliphatic rings. The van der Waals surface area contributed by atoms with E-state index in [1.54, 1.807) is 0 Å². The predicted molar refractivity (Wildman–Crippen MR) is 84.5 cm³/mol. The quantitative estimate of drug-likeness (QED) is 0.868. The molecule has 1 N–H and O–H groups in total. The van der Waals surface area contributed by atoms with Crippen LogP contribution in [0.25, 0.3) is 0 Å². The topological polar surface area (TPSA) is 47.6 Å². The largest absolute Gasteiger partial charge is 0.356 e. The van der Waals surface area contributed by atoms with Crippen molar-refractivity contribution in [3.63, 3.8) is 0 Å². The third-order valence-corrected chi connectivity index (χ3v) is 5.01. The van der Waals surface area contributed by atoms with E-state index in [4.69, 9.17) is 9.47 Å². The molecule has 3 rings (SSSR count). The Morgan fingerprint density at radius 3 is 2.64 bits per heavy atom. The molecule has 2 aliphatic heterocycles. The van der Waals surface area contributed by atoms with Gasteiger partial charge in [0.05, 0.1) is 13.2 Å². The Balaban J connectivity index is 1.88. The maximum Gasteiger partial charge on any atom is 0.219 e. The first-order valence-corrected chi connectivity index (χ1v) is 8.31. The minimum Gasteiger partial charge on any atom is -0.356 e. The number of nitrogens with one attached hydrogen (secondary N) is 1. The number of amides is 1.